The lowest BCUT2D eigenvalue weighted by Crippen LogP contribution is -2.27. The number of nitrogens with zero attached hydrogens (tertiary/aromatic N) is 2. The number of amides is 2. The minimum Gasteiger partial charge on any atom is -0.352 e. The van der Waals surface area contributed by atoms with Crippen molar-refractivity contribution >= 4 is 11.8 Å². The van der Waals surface area contributed by atoms with Gasteiger partial charge in [0, 0.05) is 49.6 Å². The fourth-order valence-corrected chi connectivity index (χ4v) is 4.12. The fourth-order valence-electron chi connectivity index (χ4n) is 4.12. The Morgan fingerprint density at radius 3 is 2.31 bits per heavy atom. The Labute approximate surface area is 211 Å². The van der Waals surface area contributed by atoms with Crippen molar-refractivity contribution < 1.29 is 9.59 Å². The molecule has 0 unspecified atom stereocenters. The standard InChI is InChI=1S/C30H30N4O2/c1-22(23-10-3-2-4-11-23)20-28(35)34-21-24-12-5-6-14-26(24)27-15-9-18-32-29(27)30(36)33-19-16-25-13-7-8-17-31-25/h2-15,17-18,22H,16,19-21H2,1H3,(H,33,36)(H,34,35)/t22-/m1/s1. The number of carbonyl (C=O) groups is 2. The monoisotopic (exact) mass is 478 g/mol. The quantitative estimate of drug-likeness (QED) is 0.339. The molecule has 36 heavy (non-hydrogen) atoms. The van der Waals surface area contributed by atoms with Crippen LogP contribution in [0.3, 0.4) is 0 Å². The molecule has 2 aromatic heterocycles. The van der Waals surface area contributed by atoms with Crippen molar-refractivity contribution in [3.8, 4) is 11.1 Å². The largest absolute Gasteiger partial charge is 0.352 e. The zero-order valence-electron chi connectivity index (χ0n) is 20.4. The predicted octanol–water partition coefficient (Wildman–Crippen LogP) is 4.93. The first-order chi connectivity index (χ1) is 17.6. The van der Waals surface area contributed by atoms with Crippen LogP contribution < -0.4 is 10.6 Å². The highest BCUT2D eigenvalue weighted by atomic mass is 16.2. The Morgan fingerprint density at radius 2 is 1.50 bits per heavy atom. The summed E-state index contributed by atoms with van der Waals surface area (Å²) in [6.07, 6.45) is 4.40. The van der Waals surface area contributed by atoms with Crippen molar-refractivity contribution in [2.24, 2.45) is 0 Å². The first-order valence-electron chi connectivity index (χ1n) is 12.1. The van der Waals surface area contributed by atoms with Crippen LogP contribution in [0.15, 0.2) is 97.3 Å². The second-order valence-corrected chi connectivity index (χ2v) is 8.68. The van der Waals surface area contributed by atoms with Crippen LogP contribution >= 0.6 is 0 Å². The SMILES string of the molecule is C[C@H](CC(=O)NCc1ccccc1-c1cccnc1C(=O)NCCc1ccccn1)c1ccccc1. The van der Waals surface area contributed by atoms with Crippen molar-refractivity contribution in [2.45, 2.75) is 32.2 Å². The van der Waals surface area contributed by atoms with E-state index in [-0.39, 0.29) is 17.7 Å². The number of pyridine rings is 2. The predicted molar refractivity (Wildman–Crippen MR) is 141 cm³/mol. The van der Waals surface area contributed by atoms with Crippen molar-refractivity contribution in [3.63, 3.8) is 0 Å². The molecule has 0 aliphatic heterocycles. The maximum Gasteiger partial charge on any atom is 0.270 e. The Bertz CT molecular complexity index is 1290. The number of nitrogens with one attached hydrogen (secondary N) is 2. The van der Waals surface area contributed by atoms with E-state index in [1.165, 1.54) is 0 Å². The lowest BCUT2D eigenvalue weighted by Gasteiger charge is -2.15. The lowest BCUT2D eigenvalue weighted by molar-refractivity contribution is -0.121. The van der Waals surface area contributed by atoms with Gasteiger partial charge in [-0.15, -0.1) is 0 Å². The first kappa shape index (κ1) is 24.8. The van der Waals surface area contributed by atoms with E-state index in [2.05, 4.69) is 27.5 Å². The molecule has 1 atom stereocenters. The molecule has 2 N–H and O–H groups in total. The van der Waals surface area contributed by atoms with Crippen LogP contribution in [0.4, 0.5) is 0 Å². The Morgan fingerprint density at radius 1 is 0.778 bits per heavy atom. The van der Waals surface area contributed by atoms with E-state index in [4.69, 9.17) is 0 Å². The second-order valence-electron chi connectivity index (χ2n) is 8.68. The third kappa shape index (κ3) is 6.63. The molecule has 0 spiro atoms. The van der Waals surface area contributed by atoms with Gasteiger partial charge in [-0.3, -0.25) is 19.6 Å². The van der Waals surface area contributed by atoms with E-state index >= 15 is 0 Å². The summed E-state index contributed by atoms with van der Waals surface area (Å²) in [5, 5.41) is 6.00. The average molecular weight is 479 g/mol. The van der Waals surface area contributed by atoms with Crippen molar-refractivity contribution in [3.05, 3.63) is 120 Å². The summed E-state index contributed by atoms with van der Waals surface area (Å²) in [5.74, 6) is -0.127. The third-order valence-electron chi connectivity index (χ3n) is 6.06. The summed E-state index contributed by atoms with van der Waals surface area (Å²) in [6, 6.07) is 27.2. The van der Waals surface area contributed by atoms with Gasteiger partial charge < -0.3 is 10.6 Å². The molecule has 0 aliphatic rings. The number of carbonyl (C=O) groups excluding carboxylic acids is 2. The number of benzene rings is 2. The minimum atomic E-state index is -0.239. The molecule has 2 amide bonds. The summed E-state index contributed by atoms with van der Waals surface area (Å²) < 4.78 is 0. The Balaban J connectivity index is 1.42. The van der Waals surface area contributed by atoms with Gasteiger partial charge in [0.25, 0.3) is 5.91 Å². The van der Waals surface area contributed by atoms with Crippen LogP contribution in [-0.2, 0) is 17.8 Å². The summed E-state index contributed by atoms with van der Waals surface area (Å²) in [7, 11) is 0. The maximum atomic E-state index is 13.0. The zero-order chi connectivity index (χ0) is 25.2. The zero-order valence-corrected chi connectivity index (χ0v) is 20.4. The van der Waals surface area contributed by atoms with Crippen molar-refractivity contribution in [2.75, 3.05) is 6.54 Å². The second kappa shape index (κ2) is 12.4. The molecule has 0 fully saturated rings. The average Bonchev–Trinajstić information content (AvgIpc) is 2.93. The van der Waals surface area contributed by atoms with Gasteiger partial charge in [-0.05, 0) is 40.8 Å². The molecule has 0 bridgehead atoms. The third-order valence-corrected chi connectivity index (χ3v) is 6.06. The first-order valence-corrected chi connectivity index (χ1v) is 12.1. The molecule has 0 saturated heterocycles. The van der Waals surface area contributed by atoms with E-state index in [1.807, 2.05) is 84.9 Å². The molecule has 6 nitrogen and oxygen atoms in total. The molecule has 0 radical (unpaired) electrons. The molecular weight excluding hydrogens is 448 g/mol. The normalized spacial score (nSPS) is 11.5. The van der Waals surface area contributed by atoms with E-state index in [9.17, 15) is 9.59 Å². The Hall–Kier alpha value is -4.32. The summed E-state index contributed by atoms with van der Waals surface area (Å²) in [4.78, 5) is 34.3. The highest BCUT2D eigenvalue weighted by Crippen LogP contribution is 2.26. The summed E-state index contributed by atoms with van der Waals surface area (Å²) in [5.41, 5.74) is 4.94. The smallest absolute Gasteiger partial charge is 0.270 e. The molecule has 6 heteroatoms. The van der Waals surface area contributed by atoms with Crippen LogP contribution in [-0.4, -0.2) is 28.3 Å². The van der Waals surface area contributed by atoms with Crippen LogP contribution in [0.2, 0.25) is 0 Å². The van der Waals surface area contributed by atoms with Crippen LogP contribution in [0, 0.1) is 0 Å². The van der Waals surface area contributed by atoms with Crippen LogP contribution in [0.1, 0.15) is 46.6 Å². The summed E-state index contributed by atoms with van der Waals surface area (Å²) in [6.45, 7) is 2.88. The molecule has 0 aliphatic carbocycles. The van der Waals surface area contributed by atoms with Gasteiger partial charge >= 0.3 is 0 Å². The summed E-state index contributed by atoms with van der Waals surface area (Å²) >= 11 is 0. The van der Waals surface area contributed by atoms with E-state index in [1.54, 1.807) is 12.4 Å². The maximum absolute atomic E-state index is 13.0. The molecule has 2 heterocycles. The molecule has 0 saturated carbocycles. The topological polar surface area (TPSA) is 84.0 Å². The van der Waals surface area contributed by atoms with E-state index < -0.39 is 0 Å². The van der Waals surface area contributed by atoms with Gasteiger partial charge in [-0.1, -0.05) is 73.7 Å². The van der Waals surface area contributed by atoms with Gasteiger partial charge in [0.15, 0.2) is 0 Å². The van der Waals surface area contributed by atoms with Crippen LogP contribution in [0.25, 0.3) is 11.1 Å². The number of aromatic nitrogens is 2. The highest BCUT2D eigenvalue weighted by molar-refractivity contribution is 5.99. The number of hydrogen-bond donors (Lipinski definition) is 2. The Kier molecular flexibility index (Phi) is 8.54. The van der Waals surface area contributed by atoms with Gasteiger partial charge in [-0.2, -0.15) is 0 Å². The van der Waals surface area contributed by atoms with Gasteiger partial charge in [-0.25, -0.2) is 0 Å². The highest BCUT2D eigenvalue weighted by Gasteiger charge is 2.17. The van der Waals surface area contributed by atoms with Crippen molar-refractivity contribution in [1.29, 1.82) is 0 Å². The molecule has 2 aromatic carbocycles. The van der Waals surface area contributed by atoms with Gasteiger partial charge in [0.05, 0.1) is 0 Å². The molecule has 4 aromatic rings. The molecule has 4 rings (SSSR count). The van der Waals surface area contributed by atoms with Gasteiger partial charge in [0.1, 0.15) is 5.69 Å². The lowest BCUT2D eigenvalue weighted by atomic mass is 9.96. The number of hydrogen-bond acceptors (Lipinski definition) is 4. The minimum absolute atomic E-state index is 0.0140. The van der Waals surface area contributed by atoms with Crippen LogP contribution in [0.5, 0.6) is 0 Å². The number of rotatable bonds is 10. The van der Waals surface area contributed by atoms with E-state index in [0.717, 1.165) is 27.9 Å². The fraction of sp³-hybridized carbons (Fsp3) is 0.200. The van der Waals surface area contributed by atoms with Crippen molar-refractivity contribution in [1.82, 2.24) is 20.6 Å². The molecule has 182 valence electrons. The van der Waals surface area contributed by atoms with Gasteiger partial charge in [0.2, 0.25) is 5.91 Å². The van der Waals surface area contributed by atoms with E-state index in [0.29, 0.717) is 31.6 Å². The molecular formula is C30H30N4O2.